The molecule has 29 heavy (non-hydrogen) atoms. The van der Waals surface area contributed by atoms with Gasteiger partial charge in [-0.05, 0) is 50.1 Å². The molecule has 3 aromatic rings. The molecule has 6 heteroatoms. The molecule has 1 amide bonds. The lowest BCUT2D eigenvalue weighted by atomic mass is 10.2. The van der Waals surface area contributed by atoms with Crippen LogP contribution in [0.4, 0.5) is 5.69 Å². The number of carbonyl (C=O) groups is 2. The van der Waals surface area contributed by atoms with Gasteiger partial charge < -0.3 is 9.64 Å². The molecule has 0 N–H and O–H groups in total. The summed E-state index contributed by atoms with van der Waals surface area (Å²) in [6.45, 7) is 5.02. The molecule has 1 fully saturated rings. The fraction of sp³-hybridized carbons (Fsp3) is 0.261. The first kappa shape index (κ1) is 18.9. The van der Waals surface area contributed by atoms with Crippen molar-refractivity contribution < 1.29 is 14.3 Å². The Labute approximate surface area is 169 Å². The van der Waals surface area contributed by atoms with Crippen LogP contribution in [0.15, 0.2) is 54.6 Å². The van der Waals surface area contributed by atoms with Gasteiger partial charge in [0.2, 0.25) is 5.91 Å². The van der Waals surface area contributed by atoms with E-state index in [1.54, 1.807) is 17.0 Å². The second kappa shape index (κ2) is 7.91. The molecule has 6 nitrogen and oxygen atoms in total. The maximum absolute atomic E-state index is 12.8. The van der Waals surface area contributed by atoms with Crippen molar-refractivity contribution in [3.63, 3.8) is 0 Å². The summed E-state index contributed by atoms with van der Waals surface area (Å²) >= 11 is 0. The summed E-state index contributed by atoms with van der Waals surface area (Å²) in [5, 5.41) is 4.51. The number of aromatic nitrogens is 2. The van der Waals surface area contributed by atoms with Crippen LogP contribution in [0.5, 0.6) is 5.75 Å². The summed E-state index contributed by atoms with van der Waals surface area (Å²) < 4.78 is 7.40. The predicted octanol–water partition coefficient (Wildman–Crippen LogP) is 3.89. The van der Waals surface area contributed by atoms with Gasteiger partial charge in [0, 0.05) is 18.7 Å². The van der Waals surface area contributed by atoms with Crippen LogP contribution >= 0.6 is 0 Å². The standard InChI is InChI=1S/C23H23N3O3/c1-16-22(17(2)26(24-16)15-18-7-4-3-5-8-18)23(28)29-20-12-10-19(11-13-20)25-14-6-9-21(25)27/h3-5,7-8,10-13H,6,9,14-15H2,1-2H3. The van der Waals surface area contributed by atoms with Crippen LogP contribution in [0.2, 0.25) is 0 Å². The second-order valence-electron chi connectivity index (χ2n) is 7.22. The number of ether oxygens (including phenoxy) is 1. The molecule has 148 valence electrons. The molecule has 0 unspecified atom stereocenters. The van der Waals surface area contributed by atoms with E-state index in [1.165, 1.54) is 0 Å². The molecule has 1 aliphatic rings. The van der Waals surface area contributed by atoms with Crippen molar-refractivity contribution in [2.24, 2.45) is 0 Å². The van der Waals surface area contributed by atoms with Crippen molar-refractivity contribution in [1.29, 1.82) is 0 Å². The van der Waals surface area contributed by atoms with Crippen LogP contribution in [0.3, 0.4) is 0 Å². The van der Waals surface area contributed by atoms with Gasteiger partial charge in [-0.1, -0.05) is 30.3 Å². The smallest absolute Gasteiger partial charge is 0.347 e. The number of nitrogens with zero attached hydrogens (tertiary/aromatic N) is 3. The summed E-state index contributed by atoms with van der Waals surface area (Å²) in [7, 11) is 0. The van der Waals surface area contributed by atoms with Crippen molar-refractivity contribution in [3.05, 3.63) is 77.1 Å². The number of rotatable bonds is 5. The fourth-order valence-electron chi connectivity index (χ4n) is 3.68. The van der Waals surface area contributed by atoms with Crippen LogP contribution < -0.4 is 9.64 Å². The van der Waals surface area contributed by atoms with Gasteiger partial charge in [0.15, 0.2) is 0 Å². The molecule has 0 saturated carbocycles. The molecule has 0 atom stereocenters. The lowest BCUT2D eigenvalue weighted by Gasteiger charge is -2.15. The Balaban J connectivity index is 1.49. The van der Waals surface area contributed by atoms with Gasteiger partial charge in [0.05, 0.1) is 17.9 Å². The number of hydrogen-bond acceptors (Lipinski definition) is 4. The maximum atomic E-state index is 12.8. The molecule has 0 bridgehead atoms. The first-order valence-corrected chi connectivity index (χ1v) is 9.73. The van der Waals surface area contributed by atoms with Crippen LogP contribution in [-0.2, 0) is 11.3 Å². The molecular weight excluding hydrogens is 366 g/mol. The molecular formula is C23H23N3O3. The average Bonchev–Trinajstić information content (AvgIpc) is 3.26. The van der Waals surface area contributed by atoms with Crippen molar-refractivity contribution in [1.82, 2.24) is 9.78 Å². The Morgan fingerprint density at radius 2 is 1.79 bits per heavy atom. The number of amides is 1. The van der Waals surface area contributed by atoms with Crippen molar-refractivity contribution >= 4 is 17.6 Å². The molecule has 0 aliphatic carbocycles. The Bertz CT molecular complexity index is 1040. The van der Waals surface area contributed by atoms with E-state index in [0.717, 1.165) is 29.9 Å². The van der Waals surface area contributed by atoms with Gasteiger partial charge in [-0.2, -0.15) is 5.10 Å². The zero-order valence-corrected chi connectivity index (χ0v) is 16.6. The Kier molecular flexibility index (Phi) is 5.16. The van der Waals surface area contributed by atoms with E-state index < -0.39 is 5.97 Å². The minimum Gasteiger partial charge on any atom is -0.423 e. The van der Waals surface area contributed by atoms with Crippen LogP contribution in [-0.4, -0.2) is 28.2 Å². The van der Waals surface area contributed by atoms with Crippen LogP contribution in [0.1, 0.15) is 40.2 Å². The highest BCUT2D eigenvalue weighted by Gasteiger charge is 2.23. The van der Waals surface area contributed by atoms with Gasteiger partial charge in [-0.3, -0.25) is 9.48 Å². The summed E-state index contributed by atoms with van der Waals surface area (Å²) in [6.07, 6.45) is 1.46. The number of esters is 1. The van der Waals surface area contributed by atoms with E-state index in [9.17, 15) is 9.59 Å². The Hall–Kier alpha value is -3.41. The van der Waals surface area contributed by atoms with Crippen LogP contribution in [0.25, 0.3) is 0 Å². The minimum atomic E-state index is -0.427. The van der Waals surface area contributed by atoms with Gasteiger partial charge in [0.25, 0.3) is 0 Å². The first-order valence-electron chi connectivity index (χ1n) is 9.73. The fourth-order valence-corrected chi connectivity index (χ4v) is 3.68. The van der Waals surface area contributed by atoms with E-state index >= 15 is 0 Å². The zero-order valence-electron chi connectivity index (χ0n) is 16.6. The quantitative estimate of drug-likeness (QED) is 0.490. The van der Waals surface area contributed by atoms with E-state index in [0.29, 0.717) is 30.0 Å². The largest absolute Gasteiger partial charge is 0.423 e. The molecule has 4 rings (SSSR count). The Morgan fingerprint density at radius 3 is 2.45 bits per heavy atom. The highest BCUT2D eigenvalue weighted by Crippen LogP contribution is 2.25. The molecule has 2 aromatic carbocycles. The summed E-state index contributed by atoms with van der Waals surface area (Å²) in [5.41, 5.74) is 3.85. The molecule has 0 spiro atoms. The minimum absolute atomic E-state index is 0.131. The summed E-state index contributed by atoms with van der Waals surface area (Å²) in [6, 6.07) is 17.1. The lowest BCUT2D eigenvalue weighted by molar-refractivity contribution is -0.117. The van der Waals surface area contributed by atoms with Crippen molar-refractivity contribution in [2.45, 2.75) is 33.2 Å². The van der Waals surface area contributed by atoms with E-state index in [1.807, 2.05) is 61.0 Å². The lowest BCUT2D eigenvalue weighted by Crippen LogP contribution is -2.23. The van der Waals surface area contributed by atoms with E-state index in [4.69, 9.17) is 4.74 Å². The topological polar surface area (TPSA) is 64.4 Å². The molecule has 1 aliphatic heterocycles. The Morgan fingerprint density at radius 1 is 1.07 bits per heavy atom. The number of carbonyl (C=O) groups excluding carboxylic acids is 2. The number of benzene rings is 2. The van der Waals surface area contributed by atoms with Gasteiger partial charge in [-0.25, -0.2) is 4.79 Å². The van der Waals surface area contributed by atoms with Crippen molar-refractivity contribution in [2.75, 3.05) is 11.4 Å². The first-order chi connectivity index (χ1) is 14.0. The highest BCUT2D eigenvalue weighted by molar-refractivity contribution is 5.95. The third-order valence-corrected chi connectivity index (χ3v) is 5.19. The maximum Gasteiger partial charge on any atom is 0.347 e. The number of anilines is 1. The molecule has 1 aromatic heterocycles. The van der Waals surface area contributed by atoms with Crippen LogP contribution in [0, 0.1) is 13.8 Å². The van der Waals surface area contributed by atoms with Crippen molar-refractivity contribution in [3.8, 4) is 5.75 Å². The van der Waals surface area contributed by atoms with E-state index in [2.05, 4.69) is 5.10 Å². The normalized spacial score (nSPS) is 13.7. The monoisotopic (exact) mass is 389 g/mol. The third kappa shape index (κ3) is 3.92. The molecule has 1 saturated heterocycles. The zero-order chi connectivity index (χ0) is 20.4. The predicted molar refractivity (Wildman–Crippen MR) is 110 cm³/mol. The summed E-state index contributed by atoms with van der Waals surface area (Å²) in [4.78, 5) is 26.4. The second-order valence-corrected chi connectivity index (χ2v) is 7.22. The average molecular weight is 389 g/mol. The number of hydrogen-bond donors (Lipinski definition) is 0. The molecule has 2 heterocycles. The van der Waals surface area contributed by atoms with Gasteiger partial charge in [-0.15, -0.1) is 0 Å². The molecule has 0 radical (unpaired) electrons. The SMILES string of the molecule is Cc1nn(Cc2ccccc2)c(C)c1C(=O)Oc1ccc(N2CCCC2=O)cc1. The highest BCUT2D eigenvalue weighted by atomic mass is 16.5. The summed E-state index contributed by atoms with van der Waals surface area (Å²) in [5.74, 6) is 0.149. The number of aryl methyl sites for hydroxylation is 1. The third-order valence-electron chi connectivity index (χ3n) is 5.19. The van der Waals surface area contributed by atoms with E-state index in [-0.39, 0.29) is 5.91 Å². The van der Waals surface area contributed by atoms with Gasteiger partial charge in [0.1, 0.15) is 11.3 Å². The van der Waals surface area contributed by atoms with Gasteiger partial charge >= 0.3 is 5.97 Å².